The average molecular weight is 307 g/mol. The van der Waals surface area contributed by atoms with Crippen molar-refractivity contribution in [3.05, 3.63) is 45.7 Å². The quantitative estimate of drug-likeness (QED) is 0.795. The standard InChI is InChI=1S/C9H6BrCl2N3/c10-7-8(11)14-15(13-7)9(12)6-4-2-1-3-5-6/h1-5,9H. The van der Waals surface area contributed by atoms with Crippen LogP contribution in [0.4, 0.5) is 0 Å². The van der Waals surface area contributed by atoms with Gasteiger partial charge in [0.05, 0.1) is 0 Å². The molecule has 0 amide bonds. The minimum Gasteiger partial charge on any atom is -0.159 e. The normalized spacial score (nSPS) is 12.7. The maximum absolute atomic E-state index is 6.18. The first-order chi connectivity index (χ1) is 7.18. The maximum atomic E-state index is 6.18. The van der Waals surface area contributed by atoms with Gasteiger partial charge in [0.25, 0.3) is 0 Å². The number of rotatable bonds is 2. The number of aromatic nitrogens is 3. The van der Waals surface area contributed by atoms with Gasteiger partial charge in [0.2, 0.25) is 0 Å². The predicted octanol–water partition coefficient (Wildman–Crippen LogP) is 3.48. The topological polar surface area (TPSA) is 30.7 Å². The Morgan fingerprint density at radius 2 is 1.87 bits per heavy atom. The van der Waals surface area contributed by atoms with E-state index in [9.17, 15) is 0 Å². The zero-order chi connectivity index (χ0) is 10.8. The summed E-state index contributed by atoms with van der Waals surface area (Å²) in [5, 5.41) is 8.33. The second-order valence-corrected chi connectivity index (χ2v) is 4.37. The van der Waals surface area contributed by atoms with E-state index in [4.69, 9.17) is 23.2 Å². The van der Waals surface area contributed by atoms with Gasteiger partial charge in [0, 0.05) is 0 Å². The van der Waals surface area contributed by atoms with E-state index in [0.717, 1.165) is 5.56 Å². The first-order valence-electron chi connectivity index (χ1n) is 4.15. The van der Waals surface area contributed by atoms with E-state index in [1.165, 1.54) is 4.80 Å². The number of hydrogen-bond donors (Lipinski definition) is 0. The lowest BCUT2D eigenvalue weighted by Gasteiger charge is -2.07. The van der Waals surface area contributed by atoms with Crippen molar-refractivity contribution >= 4 is 39.1 Å². The Labute approximate surface area is 105 Å². The van der Waals surface area contributed by atoms with E-state index in [0.29, 0.717) is 9.76 Å². The van der Waals surface area contributed by atoms with Gasteiger partial charge in [0.1, 0.15) is 0 Å². The van der Waals surface area contributed by atoms with Gasteiger partial charge in [-0.1, -0.05) is 53.5 Å². The molecular weight excluding hydrogens is 301 g/mol. The number of nitrogens with zero attached hydrogens (tertiary/aromatic N) is 3. The van der Waals surface area contributed by atoms with Crippen molar-refractivity contribution in [2.24, 2.45) is 0 Å². The third kappa shape index (κ3) is 2.33. The van der Waals surface area contributed by atoms with Gasteiger partial charge in [-0.3, -0.25) is 0 Å². The van der Waals surface area contributed by atoms with Crippen LogP contribution in [0.25, 0.3) is 0 Å². The fourth-order valence-electron chi connectivity index (χ4n) is 1.13. The Balaban J connectivity index is 2.32. The van der Waals surface area contributed by atoms with Gasteiger partial charge in [-0.15, -0.1) is 10.2 Å². The molecule has 0 fully saturated rings. The fraction of sp³-hybridized carbons (Fsp3) is 0.111. The van der Waals surface area contributed by atoms with E-state index in [-0.39, 0.29) is 0 Å². The first-order valence-corrected chi connectivity index (χ1v) is 5.76. The Morgan fingerprint density at radius 1 is 1.20 bits per heavy atom. The van der Waals surface area contributed by atoms with Crippen LogP contribution in [-0.4, -0.2) is 15.0 Å². The van der Waals surface area contributed by atoms with Crippen molar-refractivity contribution in [2.45, 2.75) is 5.50 Å². The Morgan fingerprint density at radius 3 is 2.40 bits per heavy atom. The molecule has 0 bridgehead atoms. The molecule has 2 aromatic rings. The zero-order valence-corrected chi connectivity index (χ0v) is 10.5. The number of benzene rings is 1. The molecule has 3 nitrogen and oxygen atoms in total. The molecule has 0 saturated carbocycles. The molecule has 15 heavy (non-hydrogen) atoms. The summed E-state index contributed by atoms with van der Waals surface area (Å²) < 4.78 is 0.491. The molecule has 0 saturated heterocycles. The van der Waals surface area contributed by atoms with E-state index in [1.807, 2.05) is 30.3 Å². The van der Waals surface area contributed by atoms with E-state index >= 15 is 0 Å². The highest BCUT2D eigenvalue weighted by molar-refractivity contribution is 9.10. The van der Waals surface area contributed by atoms with Gasteiger partial charge in [0.15, 0.2) is 15.3 Å². The van der Waals surface area contributed by atoms with Gasteiger partial charge in [-0.05, 0) is 21.5 Å². The summed E-state index contributed by atoms with van der Waals surface area (Å²) in [6, 6.07) is 9.55. The average Bonchev–Trinajstić information content (AvgIpc) is 2.59. The van der Waals surface area contributed by atoms with Crippen molar-refractivity contribution in [1.82, 2.24) is 15.0 Å². The lowest BCUT2D eigenvalue weighted by Crippen LogP contribution is -2.07. The van der Waals surface area contributed by atoms with Crippen LogP contribution in [0.3, 0.4) is 0 Å². The zero-order valence-electron chi connectivity index (χ0n) is 7.44. The van der Waals surface area contributed by atoms with E-state index in [1.54, 1.807) is 0 Å². The minimum absolute atomic E-state index is 0.302. The summed E-state index contributed by atoms with van der Waals surface area (Å²) in [6.45, 7) is 0. The lowest BCUT2D eigenvalue weighted by molar-refractivity contribution is 0.569. The van der Waals surface area contributed by atoms with Crippen LogP contribution in [0.2, 0.25) is 5.15 Å². The summed E-state index contributed by atoms with van der Waals surface area (Å²) in [6.07, 6.45) is 0. The maximum Gasteiger partial charge on any atom is 0.185 e. The molecule has 0 aliphatic carbocycles. The van der Waals surface area contributed by atoms with E-state index in [2.05, 4.69) is 26.1 Å². The predicted molar refractivity (Wildman–Crippen MR) is 63.2 cm³/mol. The molecule has 0 spiro atoms. The van der Waals surface area contributed by atoms with Crippen LogP contribution in [0.1, 0.15) is 11.1 Å². The molecule has 1 heterocycles. The highest BCUT2D eigenvalue weighted by atomic mass is 79.9. The molecule has 0 aliphatic rings. The van der Waals surface area contributed by atoms with Crippen molar-refractivity contribution < 1.29 is 0 Å². The number of halogens is 3. The van der Waals surface area contributed by atoms with Gasteiger partial charge < -0.3 is 0 Å². The number of hydrogen-bond acceptors (Lipinski definition) is 2. The monoisotopic (exact) mass is 305 g/mol. The summed E-state index contributed by atoms with van der Waals surface area (Å²) in [7, 11) is 0. The molecule has 1 aromatic carbocycles. The summed E-state index contributed by atoms with van der Waals surface area (Å²) >= 11 is 15.1. The van der Waals surface area contributed by atoms with Gasteiger partial charge >= 0.3 is 0 Å². The second kappa shape index (κ2) is 4.51. The van der Waals surface area contributed by atoms with Crippen LogP contribution in [-0.2, 0) is 0 Å². The van der Waals surface area contributed by atoms with Crippen molar-refractivity contribution in [1.29, 1.82) is 0 Å². The molecule has 1 unspecified atom stereocenters. The van der Waals surface area contributed by atoms with Crippen LogP contribution >= 0.6 is 39.1 Å². The molecular formula is C9H6BrCl2N3. The van der Waals surface area contributed by atoms with Gasteiger partial charge in [-0.25, -0.2) is 0 Å². The van der Waals surface area contributed by atoms with Crippen molar-refractivity contribution in [2.75, 3.05) is 0 Å². The molecule has 2 rings (SSSR count). The highest BCUT2D eigenvalue weighted by Crippen LogP contribution is 2.24. The van der Waals surface area contributed by atoms with Gasteiger partial charge in [-0.2, -0.15) is 4.80 Å². The first kappa shape index (κ1) is 10.9. The summed E-state index contributed by atoms with van der Waals surface area (Å²) in [4.78, 5) is 1.36. The number of alkyl halides is 1. The fourth-order valence-corrected chi connectivity index (χ4v) is 1.72. The SMILES string of the molecule is Clc1nn(C(Cl)c2ccccc2)nc1Br. The van der Waals surface area contributed by atoms with Crippen LogP contribution in [0.15, 0.2) is 34.9 Å². The second-order valence-electron chi connectivity index (χ2n) is 2.85. The Bertz CT molecular complexity index is 438. The highest BCUT2D eigenvalue weighted by Gasteiger charge is 2.14. The third-order valence-corrected chi connectivity index (χ3v) is 3.27. The van der Waals surface area contributed by atoms with E-state index < -0.39 is 5.50 Å². The van der Waals surface area contributed by atoms with Crippen LogP contribution in [0.5, 0.6) is 0 Å². The van der Waals surface area contributed by atoms with Crippen molar-refractivity contribution in [3.8, 4) is 0 Å². The Hall–Kier alpha value is -0.580. The summed E-state index contributed by atoms with van der Waals surface area (Å²) in [5.74, 6) is 0. The molecule has 6 heteroatoms. The summed E-state index contributed by atoms with van der Waals surface area (Å²) in [5.41, 5.74) is 0.466. The van der Waals surface area contributed by atoms with Crippen LogP contribution < -0.4 is 0 Å². The molecule has 78 valence electrons. The minimum atomic E-state index is -0.449. The van der Waals surface area contributed by atoms with Crippen molar-refractivity contribution in [3.63, 3.8) is 0 Å². The molecule has 1 aromatic heterocycles. The smallest absolute Gasteiger partial charge is 0.159 e. The largest absolute Gasteiger partial charge is 0.185 e. The third-order valence-electron chi connectivity index (χ3n) is 1.83. The lowest BCUT2D eigenvalue weighted by atomic mass is 10.2. The molecule has 0 radical (unpaired) electrons. The molecule has 1 atom stereocenters. The molecule has 0 aliphatic heterocycles. The Kier molecular flexibility index (Phi) is 3.29. The van der Waals surface area contributed by atoms with Crippen LogP contribution in [0, 0.1) is 0 Å². The molecule has 0 N–H and O–H groups in total.